The summed E-state index contributed by atoms with van der Waals surface area (Å²) in [4.78, 5) is 24.2. The molecule has 0 radical (unpaired) electrons. The topological polar surface area (TPSA) is 67.8 Å². The first-order chi connectivity index (χ1) is 14.6. The van der Waals surface area contributed by atoms with Crippen molar-refractivity contribution < 1.29 is 14.3 Å². The van der Waals surface area contributed by atoms with E-state index >= 15 is 0 Å². The minimum atomic E-state index is -0.510. The lowest BCUT2D eigenvalue weighted by atomic mass is 10.1. The van der Waals surface area contributed by atoms with Gasteiger partial charge in [-0.25, -0.2) is 10.2 Å². The highest BCUT2D eigenvalue weighted by Gasteiger charge is 2.07. The molecule has 0 aliphatic rings. The number of benzene rings is 3. The molecule has 3 rings (SSSR count). The van der Waals surface area contributed by atoms with Crippen molar-refractivity contribution in [3.8, 4) is 5.75 Å². The summed E-state index contributed by atoms with van der Waals surface area (Å²) in [6.07, 6.45) is 4.71. The van der Waals surface area contributed by atoms with Gasteiger partial charge < -0.3 is 4.74 Å². The molecule has 6 heteroatoms. The highest BCUT2D eigenvalue weighted by molar-refractivity contribution is 9.10. The number of esters is 1. The van der Waals surface area contributed by atoms with E-state index in [2.05, 4.69) is 26.5 Å². The Kier molecular flexibility index (Phi) is 7.69. The number of carbonyl (C=O) groups excluding carboxylic acids is 2. The highest BCUT2D eigenvalue weighted by atomic mass is 79.9. The van der Waals surface area contributed by atoms with E-state index in [1.165, 1.54) is 12.3 Å². The maximum atomic E-state index is 12.2. The molecule has 0 aliphatic heterocycles. The van der Waals surface area contributed by atoms with Crippen LogP contribution in [0.5, 0.6) is 5.75 Å². The van der Waals surface area contributed by atoms with Gasteiger partial charge in [-0.05, 0) is 35.4 Å². The van der Waals surface area contributed by atoms with Crippen molar-refractivity contribution >= 4 is 40.1 Å². The SMILES string of the molecule is O=C(Cc1ccccc1)N/N=C\c1cc(Br)ccc1OC(=O)/C=C/c1ccccc1. The molecule has 150 valence electrons. The van der Waals surface area contributed by atoms with Crippen LogP contribution in [0.2, 0.25) is 0 Å². The average Bonchev–Trinajstić information content (AvgIpc) is 2.75. The van der Waals surface area contributed by atoms with E-state index in [0.29, 0.717) is 11.3 Å². The largest absolute Gasteiger partial charge is 0.423 e. The van der Waals surface area contributed by atoms with E-state index in [1.807, 2.05) is 60.7 Å². The first-order valence-corrected chi connectivity index (χ1v) is 10.00. The molecule has 0 unspecified atom stereocenters. The van der Waals surface area contributed by atoms with Gasteiger partial charge in [0.15, 0.2) is 0 Å². The molecular formula is C24H19BrN2O3. The zero-order chi connectivity index (χ0) is 21.2. The molecule has 30 heavy (non-hydrogen) atoms. The second kappa shape index (κ2) is 10.9. The Morgan fingerprint density at radius 1 is 0.967 bits per heavy atom. The van der Waals surface area contributed by atoms with Gasteiger partial charge >= 0.3 is 5.97 Å². The molecule has 3 aromatic rings. The Morgan fingerprint density at radius 2 is 1.67 bits per heavy atom. The highest BCUT2D eigenvalue weighted by Crippen LogP contribution is 2.22. The molecule has 1 amide bonds. The van der Waals surface area contributed by atoms with Crippen LogP contribution in [0.25, 0.3) is 6.08 Å². The van der Waals surface area contributed by atoms with Crippen LogP contribution in [0.4, 0.5) is 0 Å². The van der Waals surface area contributed by atoms with Gasteiger partial charge in [0.1, 0.15) is 5.75 Å². The number of hydrogen-bond acceptors (Lipinski definition) is 4. The number of carbonyl (C=O) groups is 2. The fourth-order valence-electron chi connectivity index (χ4n) is 2.58. The van der Waals surface area contributed by atoms with Gasteiger partial charge in [-0.2, -0.15) is 5.10 Å². The van der Waals surface area contributed by atoms with Gasteiger partial charge in [-0.1, -0.05) is 76.6 Å². The quantitative estimate of drug-likeness (QED) is 0.181. The van der Waals surface area contributed by atoms with Gasteiger partial charge in [-0.3, -0.25) is 4.79 Å². The minimum Gasteiger partial charge on any atom is -0.423 e. The summed E-state index contributed by atoms with van der Waals surface area (Å²) in [5.41, 5.74) is 4.83. The number of rotatable bonds is 7. The summed E-state index contributed by atoms with van der Waals surface area (Å²) in [5.74, 6) is -0.414. The molecule has 0 aromatic heterocycles. The molecule has 1 N–H and O–H groups in total. The number of nitrogens with one attached hydrogen (secondary N) is 1. The van der Waals surface area contributed by atoms with Crippen molar-refractivity contribution in [2.24, 2.45) is 5.10 Å². The average molecular weight is 463 g/mol. The van der Waals surface area contributed by atoms with Crippen molar-refractivity contribution in [3.63, 3.8) is 0 Å². The summed E-state index contributed by atoms with van der Waals surface area (Å²) in [5, 5.41) is 3.99. The minimum absolute atomic E-state index is 0.225. The van der Waals surface area contributed by atoms with E-state index in [-0.39, 0.29) is 12.3 Å². The lowest BCUT2D eigenvalue weighted by molar-refractivity contribution is -0.129. The predicted molar refractivity (Wildman–Crippen MR) is 121 cm³/mol. The second-order valence-corrected chi connectivity index (χ2v) is 7.22. The summed E-state index contributed by atoms with van der Waals surface area (Å²) in [6, 6.07) is 24.0. The Hall–Kier alpha value is -3.51. The molecule has 0 spiro atoms. The van der Waals surface area contributed by atoms with Crippen LogP contribution in [0.3, 0.4) is 0 Å². The lowest BCUT2D eigenvalue weighted by Gasteiger charge is -2.06. The number of amides is 1. The molecule has 3 aromatic carbocycles. The van der Waals surface area contributed by atoms with Crippen LogP contribution in [0, 0.1) is 0 Å². The van der Waals surface area contributed by atoms with Crippen LogP contribution < -0.4 is 10.2 Å². The van der Waals surface area contributed by atoms with E-state index in [1.54, 1.807) is 24.3 Å². The molecule has 0 fully saturated rings. The van der Waals surface area contributed by atoms with Crippen molar-refractivity contribution in [3.05, 3.63) is 106 Å². The normalized spacial score (nSPS) is 11.0. The van der Waals surface area contributed by atoms with Crippen LogP contribution in [-0.2, 0) is 16.0 Å². The van der Waals surface area contributed by atoms with Gasteiger partial charge in [0.2, 0.25) is 5.91 Å². The third-order valence-corrected chi connectivity index (χ3v) is 4.49. The Labute approximate surface area is 183 Å². The van der Waals surface area contributed by atoms with Crippen molar-refractivity contribution in [1.29, 1.82) is 0 Å². The molecule has 0 aliphatic carbocycles. The molecular weight excluding hydrogens is 444 g/mol. The maximum Gasteiger partial charge on any atom is 0.336 e. The summed E-state index contributed by atoms with van der Waals surface area (Å²) in [7, 11) is 0. The summed E-state index contributed by atoms with van der Waals surface area (Å²) in [6.45, 7) is 0. The second-order valence-electron chi connectivity index (χ2n) is 6.30. The number of ether oxygens (including phenoxy) is 1. The fourth-order valence-corrected chi connectivity index (χ4v) is 2.96. The number of hydrazone groups is 1. The van der Waals surface area contributed by atoms with Crippen molar-refractivity contribution in [2.75, 3.05) is 0 Å². The fraction of sp³-hybridized carbons (Fsp3) is 0.0417. The molecule has 0 heterocycles. The molecule has 0 saturated heterocycles. The number of halogens is 1. The first-order valence-electron chi connectivity index (χ1n) is 9.20. The third-order valence-electron chi connectivity index (χ3n) is 3.99. The van der Waals surface area contributed by atoms with Crippen LogP contribution >= 0.6 is 15.9 Å². The zero-order valence-corrected chi connectivity index (χ0v) is 17.6. The first kappa shape index (κ1) is 21.2. The van der Waals surface area contributed by atoms with Crippen LogP contribution in [0.1, 0.15) is 16.7 Å². The Morgan fingerprint density at radius 3 is 2.40 bits per heavy atom. The standard InChI is InChI=1S/C24H19BrN2O3/c25-21-12-13-22(30-24(29)14-11-18-7-3-1-4-8-18)20(16-21)17-26-27-23(28)15-19-9-5-2-6-10-19/h1-14,16-17H,15H2,(H,27,28)/b14-11+,26-17-. The smallest absolute Gasteiger partial charge is 0.336 e. The van der Waals surface area contributed by atoms with Gasteiger partial charge in [0.25, 0.3) is 0 Å². The monoisotopic (exact) mass is 462 g/mol. The van der Waals surface area contributed by atoms with Crippen molar-refractivity contribution in [2.45, 2.75) is 6.42 Å². The predicted octanol–water partition coefficient (Wildman–Crippen LogP) is 4.76. The van der Waals surface area contributed by atoms with Gasteiger partial charge in [-0.15, -0.1) is 0 Å². The molecule has 0 saturated carbocycles. The third kappa shape index (κ3) is 6.83. The van der Waals surface area contributed by atoms with E-state index in [9.17, 15) is 9.59 Å². The van der Waals surface area contributed by atoms with E-state index in [0.717, 1.165) is 15.6 Å². The van der Waals surface area contributed by atoms with E-state index in [4.69, 9.17) is 4.74 Å². The Bertz CT molecular complexity index is 1060. The maximum absolute atomic E-state index is 12.2. The van der Waals surface area contributed by atoms with Gasteiger partial charge in [0.05, 0.1) is 12.6 Å². The molecule has 0 atom stereocenters. The van der Waals surface area contributed by atoms with E-state index < -0.39 is 5.97 Å². The van der Waals surface area contributed by atoms with Crippen LogP contribution in [0.15, 0.2) is 94.5 Å². The lowest BCUT2D eigenvalue weighted by Crippen LogP contribution is -2.19. The van der Waals surface area contributed by atoms with Crippen LogP contribution in [-0.4, -0.2) is 18.1 Å². The van der Waals surface area contributed by atoms with Gasteiger partial charge in [0, 0.05) is 16.1 Å². The van der Waals surface area contributed by atoms with Crippen molar-refractivity contribution in [1.82, 2.24) is 5.43 Å². The summed E-state index contributed by atoms with van der Waals surface area (Å²) < 4.78 is 6.22. The molecule has 0 bridgehead atoms. The number of nitrogens with zero attached hydrogens (tertiary/aromatic N) is 1. The molecule has 5 nitrogen and oxygen atoms in total. The number of hydrogen-bond donors (Lipinski definition) is 1. The summed E-state index contributed by atoms with van der Waals surface area (Å²) >= 11 is 3.39. The zero-order valence-electron chi connectivity index (χ0n) is 16.0. The Balaban J connectivity index is 1.63.